The third-order valence-electron chi connectivity index (χ3n) is 3.36. The molecule has 19 heavy (non-hydrogen) atoms. The van der Waals surface area contributed by atoms with Gasteiger partial charge in [-0.1, -0.05) is 0 Å². The fourth-order valence-electron chi connectivity index (χ4n) is 2.30. The van der Waals surface area contributed by atoms with Crippen LogP contribution in [0.5, 0.6) is 0 Å². The van der Waals surface area contributed by atoms with E-state index in [1.54, 1.807) is 16.3 Å². The molecule has 2 aromatic rings. The Balaban J connectivity index is 2.00. The topological polar surface area (TPSA) is 57.9 Å². The smallest absolute Gasteiger partial charge is 0.241 e. The van der Waals surface area contributed by atoms with Gasteiger partial charge in [0.25, 0.3) is 0 Å². The van der Waals surface area contributed by atoms with Crippen molar-refractivity contribution in [3.05, 3.63) is 17.3 Å². The molecule has 2 aromatic heterocycles. The van der Waals surface area contributed by atoms with E-state index >= 15 is 0 Å². The number of aldehydes is 1. The maximum Gasteiger partial charge on any atom is 0.241 e. The summed E-state index contributed by atoms with van der Waals surface area (Å²) < 4.78 is 1.77. The molecule has 0 radical (unpaired) electrons. The van der Waals surface area contributed by atoms with Crippen molar-refractivity contribution in [2.45, 2.75) is 6.42 Å². The molecule has 6 nitrogen and oxygen atoms in total. The van der Waals surface area contributed by atoms with Gasteiger partial charge in [0, 0.05) is 31.7 Å². The molecule has 1 fully saturated rings. The quantitative estimate of drug-likeness (QED) is 0.765. The largest absolute Gasteiger partial charge is 0.345 e. The normalized spacial score (nSPS) is 17.0. The molecular weight excluding hydrogens is 264 g/mol. The van der Waals surface area contributed by atoms with E-state index in [0.29, 0.717) is 11.5 Å². The van der Waals surface area contributed by atoms with E-state index in [9.17, 15) is 9.59 Å². The Morgan fingerprint density at radius 3 is 3.05 bits per heavy atom. The number of carbonyl (C=O) groups is 2. The number of imidazole rings is 1. The molecule has 7 heteroatoms. The molecule has 1 saturated heterocycles. The monoisotopic (exact) mass is 278 g/mol. The molecule has 0 N–H and O–H groups in total. The van der Waals surface area contributed by atoms with Gasteiger partial charge in [-0.05, 0) is 6.42 Å². The van der Waals surface area contributed by atoms with Crippen molar-refractivity contribution in [2.24, 2.45) is 0 Å². The first-order valence-electron chi connectivity index (χ1n) is 6.10. The number of likely N-dealkylation sites (N-methyl/N-ethyl adjacent to an activating group) is 1. The highest BCUT2D eigenvalue weighted by Gasteiger charge is 2.24. The van der Waals surface area contributed by atoms with Crippen LogP contribution in [-0.2, 0) is 4.79 Å². The first-order chi connectivity index (χ1) is 9.20. The maximum absolute atomic E-state index is 11.9. The van der Waals surface area contributed by atoms with Crippen LogP contribution in [0.1, 0.15) is 16.9 Å². The van der Waals surface area contributed by atoms with Gasteiger partial charge in [-0.15, -0.1) is 11.3 Å². The highest BCUT2D eigenvalue weighted by molar-refractivity contribution is 7.15. The first-order valence-corrected chi connectivity index (χ1v) is 6.98. The van der Waals surface area contributed by atoms with Gasteiger partial charge in [-0.3, -0.25) is 14.0 Å². The van der Waals surface area contributed by atoms with Gasteiger partial charge in [0.05, 0.1) is 6.54 Å². The van der Waals surface area contributed by atoms with Crippen molar-refractivity contribution in [2.75, 3.05) is 31.6 Å². The Hall–Kier alpha value is -1.89. The number of rotatable bonds is 2. The number of carbonyl (C=O) groups excluding carboxylic acids is 2. The lowest BCUT2D eigenvalue weighted by atomic mass is 10.3. The van der Waals surface area contributed by atoms with E-state index in [2.05, 4.69) is 4.98 Å². The predicted octanol–water partition coefficient (Wildman–Crippen LogP) is 0.877. The third kappa shape index (κ3) is 1.99. The molecule has 0 spiro atoms. The summed E-state index contributed by atoms with van der Waals surface area (Å²) in [5, 5.41) is 1.89. The molecule has 3 heterocycles. The average molecular weight is 278 g/mol. The number of anilines is 1. The first kappa shape index (κ1) is 12.2. The second-order valence-corrected chi connectivity index (χ2v) is 5.46. The zero-order valence-electron chi connectivity index (χ0n) is 10.6. The molecule has 0 saturated carbocycles. The molecule has 0 aromatic carbocycles. The van der Waals surface area contributed by atoms with Gasteiger partial charge in [-0.25, -0.2) is 4.98 Å². The number of hydrogen-bond donors (Lipinski definition) is 0. The number of nitrogens with zero attached hydrogens (tertiary/aromatic N) is 4. The fraction of sp³-hybridized carbons (Fsp3) is 0.417. The highest BCUT2D eigenvalue weighted by Crippen LogP contribution is 2.24. The molecule has 0 bridgehead atoms. The van der Waals surface area contributed by atoms with Crippen LogP contribution < -0.4 is 4.90 Å². The summed E-state index contributed by atoms with van der Waals surface area (Å²) >= 11 is 1.48. The lowest BCUT2D eigenvalue weighted by molar-refractivity contribution is -0.127. The Morgan fingerprint density at radius 1 is 1.42 bits per heavy atom. The van der Waals surface area contributed by atoms with Crippen LogP contribution in [0.25, 0.3) is 4.96 Å². The van der Waals surface area contributed by atoms with E-state index in [4.69, 9.17) is 0 Å². The Kier molecular flexibility index (Phi) is 2.98. The molecule has 0 unspecified atom stereocenters. The standard InChI is InChI=1S/C12H14N4O2S/c1-14-3-2-4-15(7-10(14)18)11-9(8-17)16-5-6-19-12(16)13-11/h5-6,8H,2-4,7H2,1H3. The number of hydrogen-bond acceptors (Lipinski definition) is 5. The maximum atomic E-state index is 11.9. The molecule has 0 atom stereocenters. The second-order valence-electron chi connectivity index (χ2n) is 4.58. The van der Waals surface area contributed by atoms with Crippen LogP contribution in [0.2, 0.25) is 0 Å². The van der Waals surface area contributed by atoms with Crippen LogP contribution in [0, 0.1) is 0 Å². The van der Waals surface area contributed by atoms with Crippen LogP contribution in [0.3, 0.4) is 0 Å². The number of thiazole rings is 1. The van der Waals surface area contributed by atoms with Crippen molar-refractivity contribution in [3.8, 4) is 0 Å². The van der Waals surface area contributed by atoms with Gasteiger partial charge < -0.3 is 9.80 Å². The van der Waals surface area contributed by atoms with E-state index in [0.717, 1.165) is 30.8 Å². The van der Waals surface area contributed by atoms with Crippen molar-refractivity contribution < 1.29 is 9.59 Å². The number of aromatic nitrogens is 2. The van der Waals surface area contributed by atoms with Gasteiger partial charge in [-0.2, -0.15) is 0 Å². The minimum atomic E-state index is 0.0608. The summed E-state index contributed by atoms with van der Waals surface area (Å²) in [6.45, 7) is 1.76. The lowest BCUT2D eigenvalue weighted by Gasteiger charge is -2.19. The average Bonchev–Trinajstić information content (AvgIpc) is 2.92. The SMILES string of the molecule is CN1CCCN(c2nc3sccn3c2C=O)CC1=O. The molecule has 100 valence electrons. The van der Waals surface area contributed by atoms with Crippen molar-refractivity contribution in [1.29, 1.82) is 0 Å². The van der Waals surface area contributed by atoms with Crippen LogP contribution in [-0.4, -0.2) is 53.2 Å². The second kappa shape index (κ2) is 4.65. The van der Waals surface area contributed by atoms with Crippen LogP contribution in [0.4, 0.5) is 5.82 Å². The molecule has 0 aliphatic carbocycles. The third-order valence-corrected chi connectivity index (χ3v) is 4.12. The van der Waals surface area contributed by atoms with Crippen molar-refractivity contribution in [1.82, 2.24) is 14.3 Å². The molecule has 1 aliphatic heterocycles. The molecule has 1 aliphatic rings. The Morgan fingerprint density at radius 2 is 2.26 bits per heavy atom. The van der Waals surface area contributed by atoms with E-state index in [1.165, 1.54) is 11.3 Å². The van der Waals surface area contributed by atoms with Crippen LogP contribution in [0.15, 0.2) is 11.6 Å². The Labute approximate surface area is 114 Å². The minimum Gasteiger partial charge on any atom is -0.345 e. The van der Waals surface area contributed by atoms with E-state index in [-0.39, 0.29) is 12.5 Å². The molecule has 3 rings (SSSR count). The summed E-state index contributed by atoms with van der Waals surface area (Å²) in [5.41, 5.74) is 0.522. The fourth-order valence-corrected chi connectivity index (χ4v) is 3.02. The summed E-state index contributed by atoms with van der Waals surface area (Å²) in [6.07, 6.45) is 3.51. The van der Waals surface area contributed by atoms with E-state index in [1.807, 2.05) is 16.5 Å². The zero-order valence-corrected chi connectivity index (χ0v) is 11.4. The summed E-state index contributed by atoms with van der Waals surface area (Å²) in [5.74, 6) is 0.677. The Bertz CT molecular complexity index is 633. The van der Waals surface area contributed by atoms with Gasteiger partial charge >= 0.3 is 0 Å². The number of fused-ring (bicyclic) bond motifs is 1. The van der Waals surface area contributed by atoms with E-state index < -0.39 is 0 Å². The van der Waals surface area contributed by atoms with Crippen LogP contribution >= 0.6 is 11.3 Å². The van der Waals surface area contributed by atoms with Gasteiger partial charge in [0.1, 0.15) is 5.69 Å². The summed E-state index contributed by atoms with van der Waals surface area (Å²) in [6, 6.07) is 0. The number of amides is 1. The predicted molar refractivity (Wildman–Crippen MR) is 72.9 cm³/mol. The van der Waals surface area contributed by atoms with Crippen molar-refractivity contribution in [3.63, 3.8) is 0 Å². The summed E-state index contributed by atoms with van der Waals surface area (Å²) in [7, 11) is 1.80. The minimum absolute atomic E-state index is 0.0608. The molecule has 1 amide bonds. The van der Waals surface area contributed by atoms with Gasteiger partial charge in [0.15, 0.2) is 17.1 Å². The van der Waals surface area contributed by atoms with Gasteiger partial charge in [0.2, 0.25) is 5.91 Å². The molecular formula is C12H14N4O2S. The zero-order chi connectivity index (χ0) is 13.4. The summed E-state index contributed by atoms with van der Waals surface area (Å²) in [4.78, 5) is 32.1. The lowest BCUT2D eigenvalue weighted by Crippen LogP contribution is -2.34. The van der Waals surface area contributed by atoms with Crippen molar-refractivity contribution >= 4 is 34.3 Å². The highest BCUT2D eigenvalue weighted by atomic mass is 32.1.